The van der Waals surface area contributed by atoms with Gasteiger partial charge in [0.05, 0.1) is 57.9 Å². The van der Waals surface area contributed by atoms with Gasteiger partial charge in [-0.15, -0.1) is 0 Å². The maximum Gasteiger partial charge on any atom is 0.309 e. The van der Waals surface area contributed by atoms with Gasteiger partial charge in [-0.1, -0.05) is 133 Å². The second kappa shape index (κ2) is 27.8. The third kappa shape index (κ3) is 14.7. The summed E-state index contributed by atoms with van der Waals surface area (Å²) in [6, 6.07) is 41.0. The summed E-state index contributed by atoms with van der Waals surface area (Å²) in [6.07, 6.45) is 20.9. The number of nitriles is 3. The van der Waals surface area contributed by atoms with E-state index in [4.69, 9.17) is 4.74 Å². The van der Waals surface area contributed by atoms with Gasteiger partial charge < -0.3 is 9.53 Å². The smallest absolute Gasteiger partial charge is 0.309 e. The summed E-state index contributed by atoms with van der Waals surface area (Å²) in [5.74, 6) is 3.78. The molecular formula is C72H74N6O5. The third-order valence-electron chi connectivity index (χ3n) is 18.1. The summed E-state index contributed by atoms with van der Waals surface area (Å²) in [4.78, 5) is 61.9. The Labute approximate surface area is 489 Å². The highest BCUT2D eigenvalue weighted by Crippen LogP contribution is 2.49. The third-order valence-corrected chi connectivity index (χ3v) is 18.1. The fraction of sp³-hybridized carbons (Fsp3) is 0.361. The number of cyclic esters (lactones) is 1. The van der Waals surface area contributed by atoms with Crippen LogP contribution >= 0.6 is 0 Å². The van der Waals surface area contributed by atoms with Gasteiger partial charge in [0.2, 0.25) is 0 Å². The van der Waals surface area contributed by atoms with E-state index in [-0.39, 0.29) is 53.2 Å². The molecule has 6 aromatic rings. The quantitative estimate of drug-likeness (QED) is 0.112. The van der Waals surface area contributed by atoms with Crippen LogP contribution in [0.25, 0.3) is 51.6 Å². The second-order valence-electron chi connectivity index (χ2n) is 23.5. The molecule has 0 amide bonds. The summed E-state index contributed by atoms with van der Waals surface area (Å²) in [5, 5.41) is 27.8. The first-order valence-electron chi connectivity index (χ1n) is 29.1. The van der Waals surface area contributed by atoms with E-state index < -0.39 is 0 Å². The van der Waals surface area contributed by atoms with Crippen molar-refractivity contribution < 1.29 is 23.9 Å². The fourth-order valence-corrected chi connectivity index (χ4v) is 12.7. The Morgan fingerprint density at radius 1 is 0.542 bits per heavy atom. The molecule has 4 heterocycles. The lowest BCUT2D eigenvalue weighted by molar-refractivity contribution is -0.144. The topological polar surface area (TPSA) is 188 Å². The van der Waals surface area contributed by atoms with Crippen molar-refractivity contribution in [1.82, 2.24) is 15.0 Å². The Hall–Kier alpha value is -8.72. The lowest BCUT2D eigenvalue weighted by Gasteiger charge is -2.40. The number of aromatic nitrogens is 3. The van der Waals surface area contributed by atoms with Crippen LogP contribution in [0.4, 0.5) is 0 Å². The fourth-order valence-electron chi connectivity index (χ4n) is 12.7. The monoisotopic (exact) mass is 1100 g/mol. The molecule has 1 saturated heterocycles. The van der Waals surface area contributed by atoms with Crippen LogP contribution < -0.4 is 0 Å². The molecule has 11 heteroatoms. The van der Waals surface area contributed by atoms with E-state index >= 15 is 0 Å². The van der Waals surface area contributed by atoms with Crippen LogP contribution in [0.2, 0.25) is 0 Å². The van der Waals surface area contributed by atoms with E-state index in [2.05, 4.69) is 99.0 Å². The molecule has 4 aliphatic rings. The molecular weight excluding hydrogens is 1030 g/mol. The van der Waals surface area contributed by atoms with Crippen LogP contribution in [-0.4, -0.2) is 44.4 Å². The Morgan fingerprint density at radius 3 is 1.42 bits per heavy atom. The number of fused-ring (bicyclic) bond motifs is 1. The van der Waals surface area contributed by atoms with E-state index in [9.17, 15) is 35.0 Å². The maximum absolute atomic E-state index is 12.5. The molecule has 10 rings (SSSR count). The molecule has 0 radical (unpaired) electrons. The van der Waals surface area contributed by atoms with E-state index in [0.29, 0.717) is 89.6 Å². The van der Waals surface area contributed by atoms with Crippen LogP contribution in [0.1, 0.15) is 121 Å². The largest absolute Gasteiger partial charge is 0.462 e. The molecule has 1 aliphatic heterocycles. The average Bonchev–Trinajstić information content (AvgIpc) is 4.07. The first-order valence-corrected chi connectivity index (χ1v) is 29.1. The Balaban J connectivity index is 0.000000163. The van der Waals surface area contributed by atoms with Crippen molar-refractivity contribution in [2.45, 2.75) is 93.6 Å². The van der Waals surface area contributed by atoms with Gasteiger partial charge in [0.1, 0.15) is 23.5 Å². The minimum Gasteiger partial charge on any atom is -0.462 e. The number of ketones is 3. The van der Waals surface area contributed by atoms with Gasteiger partial charge in [-0.05, 0) is 128 Å². The van der Waals surface area contributed by atoms with Crippen molar-refractivity contribution in [3.8, 4) is 51.6 Å². The summed E-state index contributed by atoms with van der Waals surface area (Å²) in [7, 11) is 0. The number of hydrogen-bond donors (Lipinski definition) is 0. The van der Waals surface area contributed by atoms with Crippen LogP contribution in [0.15, 0.2) is 146 Å². The highest BCUT2D eigenvalue weighted by atomic mass is 16.6. The van der Waals surface area contributed by atoms with Gasteiger partial charge in [-0.3, -0.25) is 29.3 Å². The first kappa shape index (κ1) is 60.4. The number of rotatable bonds is 11. The first-order chi connectivity index (χ1) is 40.0. The van der Waals surface area contributed by atoms with E-state index in [1.54, 1.807) is 25.4 Å². The van der Waals surface area contributed by atoms with Gasteiger partial charge in [-0.25, -0.2) is 0 Å². The van der Waals surface area contributed by atoms with Crippen LogP contribution in [0.5, 0.6) is 0 Å². The molecule has 13 atom stereocenters. The van der Waals surface area contributed by atoms with Crippen molar-refractivity contribution >= 4 is 41.5 Å². The molecule has 3 aliphatic carbocycles. The number of esters is 1. The number of pyridine rings is 3. The number of carbonyl (C=O) groups excluding carboxylic acids is 4. The molecule has 422 valence electrons. The number of ether oxygens (including phenoxy) is 1. The SMILES string of the molecule is CC(=O)C[C@H]1C(=O)C[C@H](C)[C@@H](C)[C@@H]1/C=C/c1ccc(-c2ccccc2C#N)cn1.C[C@H]1[C@H](/C=C/c2ccc(-c3ccccc3C#N)cn2)CC(=O)C[C@@H]1C.C[C@H]1[C@H](/C=C/c2ccc(-c3ccccc3C#N)cn2)[C@@H]2[C@@H](C)OC(=O)[C@@H]2C[C@@H]1C. The van der Waals surface area contributed by atoms with Gasteiger partial charge >= 0.3 is 5.97 Å². The number of hydrogen-bond acceptors (Lipinski definition) is 11. The molecule has 83 heavy (non-hydrogen) atoms. The maximum atomic E-state index is 12.5. The summed E-state index contributed by atoms with van der Waals surface area (Å²) in [5.41, 5.74) is 9.87. The van der Waals surface area contributed by atoms with Crippen LogP contribution in [0.3, 0.4) is 0 Å². The standard InChI is InChI=1S/2C25H26N2O2.C22H22N2O/c1-15-12-23-24(17(3)29-25(23)28)21(16(15)2)11-10-20-9-8-19(14-27-20)22-7-5-4-6-18(22)13-26;1-16-12-25(29)24(13-17(2)28)22(18(16)3)11-10-21-9-8-20(15-27-21)23-7-5-4-6-19(23)14-26;1-15-11-21(25)12-17(16(15)2)7-9-20-10-8-19(14-24-20)22-6-4-3-5-18(22)13-23/h4-11,14-17,21,23-24H,12H2,1-3H3;4-11,15-16,18,22,24H,12-13H2,1-3H3;3-10,14-17H,11-12H2,1-2H3/b2*11-10+;9-7+/t15-,16+,17+,21-,23+,24-;16-,18+,22-,24+;15-,16+,17+/m000/s1. The van der Waals surface area contributed by atoms with Crippen LogP contribution in [0, 0.1) is 105 Å². The zero-order valence-electron chi connectivity index (χ0n) is 48.9. The summed E-state index contributed by atoms with van der Waals surface area (Å²) >= 11 is 0. The molecule has 0 spiro atoms. The second-order valence-corrected chi connectivity index (χ2v) is 23.5. The Kier molecular flexibility index (Phi) is 20.2. The van der Waals surface area contributed by atoms with Crippen molar-refractivity contribution in [2.75, 3.05) is 0 Å². The number of allylic oxidation sites excluding steroid dienone is 3. The molecule has 11 nitrogen and oxygen atoms in total. The van der Waals surface area contributed by atoms with Gasteiger partial charge in [0.25, 0.3) is 0 Å². The average molecular weight is 1100 g/mol. The predicted octanol–water partition coefficient (Wildman–Crippen LogP) is 15.1. The van der Waals surface area contributed by atoms with Gasteiger partial charge in [-0.2, -0.15) is 15.8 Å². The minimum atomic E-state index is -0.239. The Bertz CT molecular complexity index is 3510. The normalized spacial score (nSPS) is 26.6. The number of Topliss-reactive ketones (excluding diaryl/α,β-unsaturated/α-hetero) is 3. The molecule has 4 fully saturated rings. The molecule has 3 aromatic heterocycles. The highest BCUT2D eigenvalue weighted by Gasteiger charge is 2.51. The van der Waals surface area contributed by atoms with Gasteiger partial charge in [0, 0.05) is 89.5 Å². The summed E-state index contributed by atoms with van der Waals surface area (Å²) < 4.78 is 5.56. The molecule has 0 N–H and O–H groups in total. The number of nitrogens with zero attached hydrogens (tertiary/aromatic N) is 6. The lowest BCUT2D eigenvalue weighted by atomic mass is 9.62. The predicted molar refractivity (Wildman–Crippen MR) is 326 cm³/mol. The van der Waals surface area contributed by atoms with E-state index in [1.165, 1.54) is 0 Å². The van der Waals surface area contributed by atoms with Gasteiger partial charge in [0.15, 0.2) is 0 Å². The lowest BCUT2D eigenvalue weighted by Crippen LogP contribution is -2.39. The van der Waals surface area contributed by atoms with E-state index in [0.717, 1.165) is 56.9 Å². The molecule has 3 aromatic carbocycles. The molecule has 3 saturated carbocycles. The molecule has 0 unspecified atom stereocenters. The van der Waals surface area contributed by atoms with Crippen molar-refractivity contribution in [3.63, 3.8) is 0 Å². The summed E-state index contributed by atoms with van der Waals surface area (Å²) in [6.45, 7) is 16.7. The van der Waals surface area contributed by atoms with Crippen LogP contribution in [-0.2, 0) is 23.9 Å². The Morgan fingerprint density at radius 2 is 0.976 bits per heavy atom. The zero-order valence-corrected chi connectivity index (χ0v) is 48.9. The number of benzene rings is 3. The van der Waals surface area contributed by atoms with Crippen molar-refractivity contribution in [3.05, 3.63) is 180 Å². The molecule has 0 bridgehead atoms. The zero-order chi connectivity index (χ0) is 59.3. The van der Waals surface area contributed by atoms with E-state index in [1.807, 2.05) is 128 Å². The van der Waals surface area contributed by atoms with Crippen molar-refractivity contribution in [1.29, 1.82) is 15.8 Å². The van der Waals surface area contributed by atoms with Crippen molar-refractivity contribution in [2.24, 2.45) is 71.0 Å². The minimum absolute atomic E-state index is 0.0173. The number of carbonyl (C=O) groups is 4. The highest BCUT2D eigenvalue weighted by molar-refractivity contribution is 5.88.